The van der Waals surface area contributed by atoms with Crippen LogP contribution < -0.4 is 0 Å². The summed E-state index contributed by atoms with van der Waals surface area (Å²) in [5.74, 6) is 0.750. The summed E-state index contributed by atoms with van der Waals surface area (Å²) >= 11 is 0. The first kappa shape index (κ1) is 19.4. The van der Waals surface area contributed by atoms with Gasteiger partial charge in [-0.25, -0.2) is 0 Å². The van der Waals surface area contributed by atoms with E-state index in [4.69, 9.17) is 22.3 Å². The second-order valence-electron chi connectivity index (χ2n) is 2.57. The van der Waals surface area contributed by atoms with Gasteiger partial charge >= 0.3 is 16.5 Å². The van der Waals surface area contributed by atoms with E-state index in [-0.39, 0.29) is 39.8 Å². The van der Waals surface area contributed by atoms with Crippen molar-refractivity contribution in [2.24, 2.45) is 9.98 Å². The molecular weight excluding hydrogens is 239 g/mol. The van der Waals surface area contributed by atoms with Crippen LogP contribution in [0.5, 0.6) is 0 Å². The van der Waals surface area contributed by atoms with Gasteiger partial charge in [-0.15, -0.1) is 0 Å². The molecule has 0 bridgehead atoms. The van der Waals surface area contributed by atoms with Crippen LogP contribution >= 0.6 is 0 Å². The van der Waals surface area contributed by atoms with Gasteiger partial charge in [0.1, 0.15) is 0 Å². The van der Waals surface area contributed by atoms with Gasteiger partial charge in [0.05, 0.1) is 0 Å². The molecule has 0 saturated heterocycles. The van der Waals surface area contributed by atoms with Gasteiger partial charge in [-0.2, -0.15) is 0 Å². The van der Waals surface area contributed by atoms with Crippen molar-refractivity contribution in [1.29, 1.82) is 10.8 Å². The van der Waals surface area contributed by atoms with Crippen molar-refractivity contribution in [3.63, 3.8) is 0 Å². The van der Waals surface area contributed by atoms with Gasteiger partial charge in [-0.1, -0.05) is 11.7 Å². The molecule has 0 radical (unpaired) electrons. The average molecular weight is 255 g/mol. The Bertz CT molecular complexity index is 232. The molecule has 0 rings (SSSR count). The van der Waals surface area contributed by atoms with Crippen molar-refractivity contribution >= 4 is 23.3 Å². The van der Waals surface area contributed by atoms with Crippen molar-refractivity contribution < 1.29 is 16.5 Å². The fourth-order valence-electron chi connectivity index (χ4n) is 0.503. The van der Waals surface area contributed by atoms with Crippen LogP contribution in [0.4, 0.5) is 0 Å². The zero-order valence-electron chi connectivity index (χ0n) is 9.21. The number of amidine groups is 4. The number of nitrogens with one attached hydrogen (secondary N) is 4. The number of hydrogen-bond acceptors (Lipinski definition) is 2. The molecule has 6 nitrogen and oxygen atoms in total. The maximum absolute atomic E-state index is 6.72. The van der Waals surface area contributed by atoms with Crippen LogP contribution in [0.3, 0.4) is 0 Å². The predicted molar refractivity (Wildman–Crippen MR) is 61.7 cm³/mol. The van der Waals surface area contributed by atoms with Crippen LogP contribution in [0.25, 0.3) is 11.5 Å². The van der Waals surface area contributed by atoms with Gasteiger partial charge in [-0.05, 0) is 27.7 Å². The summed E-state index contributed by atoms with van der Waals surface area (Å²) < 4.78 is 0. The van der Waals surface area contributed by atoms with Crippen LogP contribution in [0, 0.1) is 10.8 Å². The molecule has 0 unspecified atom stereocenters. The molecule has 15 heavy (non-hydrogen) atoms. The first-order valence-corrected chi connectivity index (χ1v) is 3.89. The van der Waals surface area contributed by atoms with Gasteiger partial charge < -0.3 is 32.3 Å². The van der Waals surface area contributed by atoms with E-state index in [1.807, 2.05) is 0 Å². The molecule has 0 fully saturated rings. The molecule has 0 amide bonds. The van der Waals surface area contributed by atoms with Crippen molar-refractivity contribution in [3.05, 3.63) is 11.5 Å². The third-order valence-electron chi connectivity index (χ3n) is 0.671. The molecule has 0 saturated carbocycles. The Balaban J connectivity index is -0.000000180. The minimum atomic E-state index is 0. The smallest absolute Gasteiger partial charge is 0.486 e. The number of hydrogen-bond donors (Lipinski definition) is 2. The number of aliphatic imine (C=N–C) groups is 2. The Labute approximate surface area is 100 Å². The van der Waals surface area contributed by atoms with E-state index < -0.39 is 0 Å². The zero-order chi connectivity index (χ0) is 11.7. The molecule has 0 aliphatic carbocycles. The maximum atomic E-state index is 6.72. The van der Waals surface area contributed by atoms with Gasteiger partial charge in [0.15, 0.2) is 0 Å². The quantitative estimate of drug-likeness (QED) is 0.375. The Hall–Kier alpha value is -1.23. The van der Waals surface area contributed by atoms with E-state index in [1.54, 1.807) is 0 Å². The Morgan fingerprint density at radius 2 is 1.00 bits per heavy atom. The molecule has 0 atom stereocenters. The second kappa shape index (κ2) is 10.9. The second-order valence-corrected chi connectivity index (χ2v) is 2.57. The molecule has 4 N–H and O–H groups in total. The van der Waals surface area contributed by atoms with Gasteiger partial charge in [0, 0.05) is 11.7 Å². The monoisotopic (exact) mass is 254 g/mol. The van der Waals surface area contributed by atoms with Gasteiger partial charge in [-0.3, -0.25) is 0 Å². The molecule has 0 aromatic heterocycles. The fourth-order valence-corrected chi connectivity index (χ4v) is 0.503. The molecule has 0 aromatic rings. The Morgan fingerprint density at radius 3 is 1.00 bits per heavy atom. The summed E-state index contributed by atoms with van der Waals surface area (Å²) in [5, 5.41) is 13.4. The molecule has 7 heteroatoms. The van der Waals surface area contributed by atoms with Crippen LogP contribution in [-0.4, -0.2) is 23.3 Å². The van der Waals surface area contributed by atoms with Crippen molar-refractivity contribution in [3.8, 4) is 0 Å². The van der Waals surface area contributed by atoms with Crippen LogP contribution in [0.15, 0.2) is 9.98 Å². The number of rotatable bonds is 0. The third kappa shape index (κ3) is 32.3. The van der Waals surface area contributed by atoms with E-state index in [2.05, 4.69) is 9.98 Å². The molecule has 0 aliphatic rings. The SMILES string of the molecule is CC(=N)N=C(C)[NH-].CC(=N)N=C(C)[NH-].[Ni+2]. The van der Waals surface area contributed by atoms with Crippen LogP contribution in [-0.2, 0) is 16.5 Å². The van der Waals surface area contributed by atoms with Crippen LogP contribution in [0.2, 0.25) is 0 Å². The van der Waals surface area contributed by atoms with Crippen molar-refractivity contribution in [2.45, 2.75) is 27.7 Å². The molecular formula is C8H16N6Ni. The van der Waals surface area contributed by atoms with Gasteiger partial charge in [0.2, 0.25) is 0 Å². The summed E-state index contributed by atoms with van der Waals surface area (Å²) in [6.07, 6.45) is 0. The molecule has 0 aromatic carbocycles. The van der Waals surface area contributed by atoms with Crippen LogP contribution in [0.1, 0.15) is 27.7 Å². The molecule has 0 heterocycles. The number of nitrogens with zero attached hydrogens (tertiary/aromatic N) is 2. The third-order valence-corrected chi connectivity index (χ3v) is 0.671. The van der Waals surface area contributed by atoms with E-state index in [9.17, 15) is 0 Å². The average Bonchev–Trinajstić information content (AvgIpc) is 1.79. The largest absolute Gasteiger partial charge is 2.00 e. The maximum Gasteiger partial charge on any atom is 2.00 e. The van der Waals surface area contributed by atoms with E-state index in [1.165, 1.54) is 27.7 Å². The first-order valence-electron chi connectivity index (χ1n) is 3.89. The summed E-state index contributed by atoms with van der Waals surface area (Å²) in [6, 6.07) is 0. The van der Waals surface area contributed by atoms with Crippen molar-refractivity contribution in [1.82, 2.24) is 0 Å². The fraction of sp³-hybridized carbons (Fsp3) is 0.500. The molecule has 0 spiro atoms. The van der Waals surface area contributed by atoms with Gasteiger partial charge in [0.25, 0.3) is 0 Å². The summed E-state index contributed by atoms with van der Waals surface area (Å²) in [7, 11) is 0. The minimum absolute atomic E-state index is 0. The molecule has 0 aliphatic heterocycles. The molecule has 88 valence electrons. The Kier molecular flexibility index (Phi) is 14.0. The minimum Gasteiger partial charge on any atom is -0.486 e. The zero-order valence-corrected chi connectivity index (χ0v) is 10.2. The van der Waals surface area contributed by atoms with Crippen molar-refractivity contribution in [2.75, 3.05) is 0 Å². The standard InChI is InChI=1S/2C4H8N3.Ni/c2*1-3(5)7-4(2)6;/h2*1-2H3,(H2-,5,6,7);/q2*-1;+2. The first-order chi connectivity index (χ1) is 6.25. The topological polar surface area (TPSA) is 120 Å². The normalized spacial score (nSPS) is 10.7. The van der Waals surface area contributed by atoms with E-state index in [0.29, 0.717) is 0 Å². The van der Waals surface area contributed by atoms with E-state index in [0.717, 1.165) is 0 Å². The summed E-state index contributed by atoms with van der Waals surface area (Å²) in [4.78, 5) is 6.89. The summed E-state index contributed by atoms with van der Waals surface area (Å²) in [6.45, 7) is 6.16. The Morgan fingerprint density at radius 1 is 0.800 bits per heavy atom. The summed E-state index contributed by atoms with van der Waals surface area (Å²) in [5.41, 5.74) is 13.4. The van der Waals surface area contributed by atoms with E-state index >= 15 is 0 Å². The predicted octanol–water partition coefficient (Wildman–Crippen LogP) is 2.91.